The zero-order chi connectivity index (χ0) is 19.6. The van der Waals surface area contributed by atoms with Gasteiger partial charge in [0.1, 0.15) is 10.7 Å². The Bertz CT molecular complexity index is 1130. The number of nitrogens with one attached hydrogen (secondary N) is 2. The fraction of sp³-hybridized carbons (Fsp3) is 0.0556. The summed E-state index contributed by atoms with van der Waals surface area (Å²) in [6.45, 7) is 0. The molecule has 2 N–H and O–H groups in total. The van der Waals surface area contributed by atoms with Gasteiger partial charge >= 0.3 is 0 Å². The van der Waals surface area contributed by atoms with Crippen LogP contribution in [0.4, 0.5) is 18.9 Å². The van der Waals surface area contributed by atoms with Gasteiger partial charge in [-0.25, -0.2) is 21.6 Å². The molecule has 5 nitrogen and oxygen atoms in total. The SMILES string of the molecule is N#Cc1ccc(NS(=O)(=O)c2c[nH]c(-c3ccccc3C(F)F)c2)c(F)c1. The number of aromatic amines is 1. The van der Waals surface area contributed by atoms with Crippen molar-refractivity contribution in [2.24, 2.45) is 0 Å². The number of aromatic nitrogens is 1. The highest BCUT2D eigenvalue weighted by molar-refractivity contribution is 7.92. The van der Waals surface area contributed by atoms with Gasteiger partial charge in [0.15, 0.2) is 0 Å². The first-order valence-electron chi connectivity index (χ1n) is 7.60. The maximum absolute atomic E-state index is 13.9. The normalized spacial score (nSPS) is 11.4. The van der Waals surface area contributed by atoms with Gasteiger partial charge in [-0.1, -0.05) is 24.3 Å². The van der Waals surface area contributed by atoms with Gasteiger partial charge in [0.05, 0.1) is 17.3 Å². The molecule has 9 heteroatoms. The Morgan fingerprint density at radius 2 is 1.85 bits per heavy atom. The van der Waals surface area contributed by atoms with Gasteiger partial charge < -0.3 is 4.98 Å². The third-order valence-corrected chi connectivity index (χ3v) is 5.14. The number of sulfonamides is 1. The van der Waals surface area contributed by atoms with Gasteiger partial charge in [-0.05, 0) is 24.3 Å². The Hall–Kier alpha value is -3.25. The van der Waals surface area contributed by atoms with Crippen LogP contribution in [0, 0.1) is 17.1 Å². The summed E-state index contributed by atoms with van der Waals surface area (Å²) in [7, 11) is -4.17. The number of rotatable bonds is 5. The van der Waals surface area contributed by atoms with E-state index in [0.29, 0.717) is 0 Å². The Labute approximate surface area is 153 Å². The minimum Gasteiger partial charge on any atom is -0.360 e. The molecule has 0 bridgehead atoms. The summed E-state index contributed by atoms with van der Waals surface area (Å²) in [5.41, 5.74) is -0.174. The van der Waals surface area contributed by atoms with E-state index in [-0.39, 0.29) is 33.0 Å². The van der Waals surface area contributed by atoms with Crippen molar-refractivity contribution in [1.29, 1.82) is 5.26 Å². The van der Waals surface area contributed by atoms with Gasteiger partial charge in [0.2, 0.25) is 0 Å². The van der Waals surface area contributed by atoms with Crippen molar-refractivity contribution in [1.82, 2.24) is 4.98 Å². The van der Waals surface area contributed by atoms with Gasteiger partial charge in [0, 0.05) is 23.0 Å². The van der Waals surface area contributed by atoms with Crippen LogP contribution in [0.15, 0.2) is 59.6 Å². The van der Waals surface area contributed by atoms with Crippen molar-refractivity contribution in [3.05, 3.63) is 71.7 Å². The zero-order valence-corrected chi connectivity index (χ0v) is 14.4. The summed E-state index contributed by atoms with van der Waals surface area (Å²) in [4.78, 5) is 2.41. The van der Waals surface area contributed by atoms with E-state index >= 15 is 0 Å². The number of H-pyrrole nitrogens is 1. The average Bonchev–Trinajstić information content (AvgIpc) is 3.14. The molecule has 0 amide bonds. The van der Waals surface area contributed by atoms with Gasteiger partial charge in [-0.3, -0.25) is 4.72 Å². The number of anilines is 1. The maximum Gasteiger partial charge on any atom is 0.264 e. The van der Waals surface area contributed by atoms with E-state index in [4.69, 9.17) is 5.26 Å². The van der Waals surface area contributed by atoms with Crippen molar-refractivity contribution in [2.75, 3.05) is 4.72 Å². The molecular weight excluding hydrogens is 379 g/mol. The van der Waals surface area contributed by atoms with Crippen LogP contribution in [0.5, 0.6) is 0 Å². The van der Waals surface area contributed by atoms with Crippen LogP contribution in [-0.2, 0) is 10.0 Å². The largest absolute Gasteiger partial charge is 0.360 e. The summed E-state index contributed by atoms with van der Waals surface area (Å²) in [6, 6.07) is 11.9. The lowest BCUT2D eigenvalue weighted by Gasteiger charge is -2.08. The molecule has 0 saturated carbocycles. The van der Waals surface area contributed by atoms with Crippen molar-refractivity contribution in [3.8, 4) is 17.3 Å². The molecule has 138 valence electrons. The van der Waals surface area contributed by atoms with E-state index in [0.717, 1.165) is 18.3 Å². The van der Waals surface area contributed by atoms with E-state index in [2.05, 4.69) is 9.71 Å². The van der Waals surface area contributed by atoms with Crippen LogP contribution < -0.4 is 4.72 Å². The number of alkyl halides is 2. The lowest BCUT2D eigenvalue weighted by Crippen LogP contribution is -2.13. The molecule has 0 aliphatic rings. The van der Waals surface area contributed by atoms with Crippen LogP contribution in [0.1, 0.15) is 17.6 Å². The molecule has 1 heterocycles. The molecule has 27 heavy (non-hydrogen) atoms. The van der Waals surface area contributed by atoms with E-state index in [1.54, 1.807) is 12.1 Å². The molecule has 0 aliphatic heterocycles. The summed E-state index contributed by atoms with van der Waals surface area (Å²) < 4.78 is 67.2. The Morgan fingerprint density at radius 3 is 2.52 bits per heavy atom. The van der Waals surface area contributed by atoms with E-state index < -0.39 is 22.3 Å². The topological polar surface area (TPSA) is 85.8 Å². The highest BCUT2D eigenvalue weighted by atomic mass is 32.2. The molecule has 3 rings (SSSR count). The maximum atomic E-state index is 13.9. The monoisotopic (exact) mass is 391 g/mol. The van der Waals surface area contributed by atoms with Gasteiger partial charge in [-0.15, -0.1) is 0 Å². The van der Waals surface area contributed by atoms with Crippen molar-refractivity contribution in [2.45, 2.75) is 11.3 Å². The quantitative estimate of drug-likeness (QED) is 0.675. The fourth-order valence-corrected chi connectivity index (χ4v) is 3.55. The van der Waals surface area contributed by atoms with Crippen LogP contribution in [-0.4, -0.2) is 13.4 Å². The molecule has 0 radical (unpaired) electrons. The Morgan fingerprint density at radius 1 is 1.11 bits per heavy atom. The Balaban J connectivity index is 1.93. The summed E-state index contributed by atoms with van der Waals surface area (Å²) in [5, 5.41) is 8.72. The van der Waals surface area contributed by atoms with Gasteiger partial charge in [-0.2, -0.15) is 5.26 Å². The average molecular weight is 391 g/mol. The summed E-state index contributed by atoms with van der Waals surface area (Å²) in [5.74, 6) is -0.906. The van der Waals surface area contributed by atoms with Crippen LogP contribution >= 0.6 is 0 Å². The molecule has 0 spiro atoms. The smallest absolute Gasteiger partial charge is 0.264 e. The third kappa shape index (κ3) is 3.80. The number of halogens is 3. The molecular formula is C18H12F3N3O2S. The molecule has 0 aliphatic carbocycles. The van der Waals surface area contributed by atoms with Crippen molar-refractivity contribution < 1.29 is 21.6 Å². The van der Waals surface area contributed by atoms with Gasteiger partial charge in [0.25, 0.3) is 16.4 Å². The van der Waals surface area contributed by atoms with Crippen molar-refractivity contribution in [3.63, 3.8) is 0 Å². The number of benzene rings is 2. The predicted octanol–water partition coefficient (Wildman–Crippen LogP) is 4.43. The van der Waals surface area contributed by atoms with E-state index in [1.807, 2.05) is 0 Å². The second-order valence-electron chi connectivity index (χ2n) is 5.55. The standard InChI is InChI=1S/C18H12F3N3O2S/c19-15-7-11(9-22)5-6-16(15)24-27(25,26)12-8-17(23-10-12)13-3-1-2-4-14(13)18(20)21/h1-8,10,18,23-24H. The molecule has 0 unspecified atom stereocenters. The second-order valence-corrected chi connectivity index (χ2v) is 7.23. The molecule has 0 saturated heterocycles. The highest BCUT2D eigenvalue weighted by Gasteiger charge is 2.21. The number of hydrogen-bond donors (Lipinski definition) is 2. The zero-order valence-electron chi connectivity index (χ0n) is 13.6. The number of nitrogens with zero attached hydrogens (tertiary/aromatic N) is 1. The molecule has 2 aromatic carbocycles. The predicted molar refractivity (Wildman–Crippen MR) is 93.1 cm³/mol. The minimum absolute atomic E-state index is 0.0444. The van der Waals surface area contributed by atoms with Crippen LogP contribution in [0.25, 0.3) is 11.3 Å². The summed E-state index contributed by atoms with van der Waals surface area (Å²) in [6.07, 6.45) is -1.60. The number of hydrogen-bond acceptors (Lipinski definition) is 3. The van der Waals surface area contributed by atoms with Crippen LogP contribution in [0.3, 0.4) is 0 Å². The first-order chi connectivity index (χ1) is 12.8. The lowest BCUT2D eigenvalue weighted by atomic mass is 10.1. The molecule has 0 fully saturated rings. The van der Waals surface area contributed by atoms with Crippen molar-refractivity contribution >= 4 is 15.7 Å². The number of nitriles is 1. The minimum atomic E-state index is -4.17. The first-order valence-corrected chi connectivity index (χ1v) is 9.08. The highest BCUT2D eigenvalue weighted by Crippen LogP contribution is 2.31. The van der Waals surface area contributed by atoms with E-state index in [9.17, 15) is 21.6 Å². The molecule has 0 atom stereocenters. The molecule has 1 aromatic heterocycles. The fourth-order valence-electron chi connectivity index (χ4n) is 2.49. The van der Waals surface area contributed by atoms with E-state index in [1.165, 1.54) is 30.3 Å². The summed E-state index contributed by atoms with van der Waals surface area (Å²) >= 11 is 0. The van der Waals surface area contributed by atoms with Crippen LogP contribution in [0.2, 0.25) is 0 Å². The Kier molecular flexibility index (Phi) is 4.92. The second kappa shape index (κ2) is 7.17. The first kappa shape index (κ1) is 18.5. The third-order valence-electron chi connectivity index (χ3n) is 3.80. The lowest BCUT2D eigenvalue weighted by molar-refractivity contribution is 0.152. The molecule has 3 aromatic rings.